The van der Waals surface area contributed by atoms with Gasteiger partial charge in [0.15, 0.2) is 5.60 Å². The van der Waals surface area contributed by atoms with Crippen LogP contribution in [0.1, 0.15) is 57.9 Å². The van der Waals surface area contributed by atoms with E-state index in [4.69, 9.17) is 9.47 Å². The molecule has 39 heavy (non-hydrogen) atoms. The van der Waals surface area contributed by atoms with Crippen LogP contribution in [-0.2, 0) is 10.3 Å². The molecule has 7 rings (SSSR count). The number of rotatable bonds is 3. The molecule has 1 atom stereocenters. The van der Waals surface area contributed by atoms with E-state index in [1.54, 1.807) is 0 Å². The summed E-state index contributed by atoms with van der Waals surface area (Å²) in [6, 6.07) is 26.4. The fourth-order valence-corrected chi connectivity index (χ4v) is 6.54. The minimum absolute atomic E-state index is 0.295. The molecule has 0 saturated carbocycles. The molecule has 0 aliphatic carbocycles. The van der Waals surface area contributed by atoms with E-state index in [1.165, 1.54) is 12.0 Å². The molecule has 1 unspecified atom stereocenters. The Morgan fingerprint density at radius 1 is 0.923 bits per heavy atom. The van der Waals surface area contributed by atoms with Crippen LogP contribution in [0.5, 0.6) is 11.5 Å². The first-order chi connectivity index (χ1) is 19.0. The zero-order valence-electron chi connectivity index (χ0n) is 22.6. The van der Waals surface area contributed by atoms with Gasteiger partial charge in [0.2, 0.25) is 0 Å². The van der Waals surface area contributed by atoms with Crippen molar-refractivity contribution in [2.75, 3.05) is 23.3 Å². The molecule has 5 nitrogen and oxygen atoms in total. The van der Waals surface area contributed by atoms with Gasteiger partial charge >= 0.3 is 5.97 Å². The summed E-state index contributed by atoms with van der Waals surface area (Å²) in [5.41, 5.74) is 7.16. The molecule has 1 spiro atoms. The molecule has 5 heteroatoms. The number of esters is 1. The predicted molar refractivity (Wildman–Crippen MR) is 155 cm³/mol. The van der Waals surface area contributed by atoms with E-state index >= 15 is 0 Å². The molecule has 1 saturated heterocycles. The van der Waals surface area contributed by atoms with E-state index < -0.39 is 5.60 Å². The Labute approximate surface area is 229 Å². The fourth-order valence-electron chi connectivity index (χ4n) is 6.54. The number of hydrogen-bond donors (Lipinski definition) is 1. The Bertz CT molecular complexity index is 1560. The van der Waals surface area contributed by atoms with Crippen LogP contribution in [0, 0.1) is 19.8 Å². The number of nitrogens with zero attached hydrogens (tertiary/aromatic N) is 1. The van der Waals surface area contributed by atoms with E-state index in [-0.39, 0.29) is 5.97 Å². The lowest BCUT2D eigenvalue weighted by Gasteiger charge is -2.38. The quantitative estimate of drug-likeness (QED) is 0.281. The number of carbonyl (C=O) groups excluding carboxylic acids is 1. The number of para-hydroxylation sites is 2. The molecule has 196 valence electrons. The minimum atomic E-state index is -1.13. The normalized spacial score (nSPS) is 18.6. The van der Waals surface area contributed by atoms with Crippen molar-refractivity contribution in [2.24, 2.45) is 5.92 Å². The van der Waals surface area contributed by atoms with Gasteiger partial charge in [-0.3, -0.25) is 0 Å². The van der Waals surface area contributed by atoms with E-state index in [2.05, 4.69) is 61.3 Å². The van der Waals surface area contributed by atoms with Crippen molar-refractivity contribution >= 4 is 23.0 Å². The Morgan fingerprint density at radius 3 is 2.26 bits per heavy atom. The standard InChI is InChI=1S/C34H32N2O3/c1-21-14-16-24(17-15-21)35-32-23(3)19-27(36-18-8-9-22(2)20-36)30-31(32)34(39-33(30)37)25-10-4-6-12-28(25)38-29-13-7-5-11-26(29)34/h4-7,10-17,19,22,35H,8-9,18,20H2,1-3H3. The zero-order chi connectivity index (χ0) is 26.7. The Kier molecular flexibility index (Phi) is 5.44. The lowest BCUT2D eigenvalue weighted by Crippen LogP contribution is -2.35. The third kappa shape index (κ3) is 3.63. The van der Waals surface area contributed by atoms with Crippen LogP contribution in [0.15, 0.2) is 78.9 Å². The molecule has 3 aliphatic heterocycles. The van der Waals surface area contributed by atoms with Crippen LogP contribution in [0.2, 0.25) is 0 Å². The zero-order valence-corrected chi connectivity index (χ0v) is 22.6. The number of aryl methyl sites for hydroxylation is 2. The highest BCUT2D eigenvalue weighted by Gasteiger charge is 2.56. The summed E-state index contributed by atoms with van der Waals surface area (Å²) in [5, 5.41) is 3.70. The SMILES string of the molecule is Cc1ccc(Nc2c(C)cc(N3CCCC(C)C3)c3c2C2(OC3=O)c3ccccc3Oc3ccccc32)cc1. The van der Waals surface area contributed by atoms with Gasteiger partial charge in [-0.15, -0.1) is 0 Å². The van der Waals surface area contributed by atoms with E-state index in [9.17, 15) is 4.79 Å². The monoisotopic (exact) mass is 516 g/mol. The number of nitrogens with one attached hydrogen (secondary N) is 1. The van der Waals surface area contributed by atoms with Crippen molar-refractivity contribution in [3.8, 4) is 11.5 Å². The summed E-state index contributed by atoms with van der Waals surface area (Å²) < 4.78 is 13.0. The molecule has 3 aliphatic rings. The lowest BCUT2D eigenvalue weighted by atomic mass is 9.76. The van der Waals surface area contributed by atoms with Gasteiger partial charge < -0.3 is 19.7 Å². The van der Waals surface area contributed by atoms with Gasteiger partial charge in [-0.1, -0.05) is 61.0 Å². The molecule has 0 bridgehead atoms. The maximum Gasteiger partial charge on any atom is 0.342 e. The lowest BCUT2D eigenvalue weighted by molar-refractivity contribution is 0.0226. The highest BCUT2D eigenvalue weighted by molar-refractivity contribution is 6.05. The molecule has 0 radical (unpaired) electrons. The molecule has 3 heterocycles. The minimum Gasteiger partial charge on any atom is -0.456 e. The summed E-state index contributed by atoms with van der Waals surface area (Å²) in [4.78, 5) is 16.5. The second-order valence-electron chi connectivity index (χ2n) is 11.2. The second kappa shape index (κ2) is 8.91. The van der Waals surface area contributed by atoms with Gasteiger partial charge in [0.25, 0.3) is 0 Å². The average molecular weight is 517 g/mol. The van der Waals surface area contributed by atoms with Crippen molar-refractivity contribution in [3.05, 3.63) is 112 Å². The van der Waals surface area contributed by atoms with Gasteiger partial charge in [-0.05, 0) is 68.5 Å². The number of ether oxygens (including phenoxy) is 2. The highest BCUT2D eigenvalue weighted by atomic mass is 16.6. The number of anilines is 3. The van der Waals surface area contributed by atoms with E-state index in [1.807, 2.05) is 48.5 Å². The Balaban J connectivity index is 1.55. The van der Waals surface area contributed by atoms with Gasteiger partial charge in [-0.2, -0.15) is 0 Å². The van der Waals surface area contributed by atoms with Crippen molar-refractivity contribution in [1.29, 1.82) is 0 Å². The Hall–Kier alpha value is -4.25. The first kappa shape index (κ1) is 23.8. The highest BCUT2D eigenvalue weighted by Crippen LogP contribution is 2.59. The maximum atomic E-state index is 14.1. The van der Waals surface area contributed by atoms with Crippen LogP contribution in [-0.4, -0.2) is 19.1 Å². The molecule has 4 aromatic carbocycles. The number of hydrogen-bond acceptors (Lipinski definition) is 5. The Morgan fingerprint density at radius 2 is 1.59 bits per heavy atom. The number of benzene rings is 4. The van der Waals surface area contributed by atoms with Crippen molar-refractivity contribution in [1.82, 2.24) is 0 Å². The summed E-state index contributed by atoms with van der Waals surface area (Å²) >= 11 is 0. The smallest absolute Gasteiger partial charge is 0.342 e. The summed E-state index contributed by atoms with van der Waals surface area (Å²) in [5.74, 6) is 1.67. The number of piperidine rings is 1. The molecule has 1 N–H and O–H groups in total. The molecular weight excluding hydrogens is 484 g/mol. The topological polar surface area (TPSA) is 50.8 Å². The van der Waals surface area contributed by atoms with Crippen LogP contribution in [0.25, 0.3) is 0 Å². The molecule has 0 aromatic heterocycles. The van der Waals surface area contributed by atoms with Gasteiger partial charge in [0.1, 0.15) is 11.5 Å². The molecular formula is C34H32N2O3. The number of fused-ring (bicyclic) bond motifs is 6. The third-order valence-corrected chi connectivity index (χ3v) is 8.38. The first-order valence-corrected chi connectivity index (χ1v) is 13.8. The predicted octanol–water partition coefficient (Wildman–Crippen LogP) is 7.85. The second-order valence-corrected chi connectivity index (χ2v) is 11.2. The molecule has 4 aromatic rings. The van der Waals surface area contributed by atoms with Crippen LogP contribution < -0.4 is 15.0 Å². The fraction of sp³-hybridized carbons (Fsp3) is 0.265. The summed E-state index contributed by atoms with van der Waals surface area (Å²) in [6.45, 7) is 8.35. The molecule has 1 fully saturated rings. The third-order valence-electron chi connectivity index (χ3n) is 8.38. The largest absolute Gasteiger partial charge is 0.456 e. The van der Waals surface area contributed by atoms with Gasteiger partial charge in [-0.25, -0.2) is 4.79 Å². The van der Waals surface area contributed by atoms with Crippen molar-refractivity contribution in [2.45, 2.75) is 39.2 Å². The number of carbonyl (C=O) groups is 1. The van der Waals surface area contributed by atoms with Crippen molar-refractivity contribution in [3.63, 3.8) is 0 Å². The van der Waals surface area contributed by atoms with Crippen LogP contribution in [0.4, 0.5) is 17.1 Å². The molecule has 0 amide bonds. The summed E-state index contributed by atoms with van der Waals surface area (Å²) in [7, 11) is 0. The van der Waals surface area contributed by atoms with Crippen LogP contribution in [0.3, 0.4) is 0 Å². The van der Waals surface area contributed by atoms with E-state index in [0.717, 1.165) is 58.8 Å². The average Bonchev–Trinajstić information content (AvgIpc) is 3.24. The van der Waals surface area contributed by atoms with Crippen molar-refractivity contribution < 1.29 is 14.3 Å². The first-order valence-electron chi connectivity index (χ1n) is 13.8. The van der Waals surface area contributed by atoms with Gasteiger partial charge in [0.05, 0.1) is 16.9 Å². The summed E-state index contributed by atoms with van der Waals surface area (Å²) in [6.07, 6.45) is 2.31. The maximum absolute atomic E-state index is 14.1. The van der Waals surface area contributed by atoms with Gasteiger partial charge in [0, 0.05) is 35.5 Å². The van der Waals surface area contributed by atoms with E-state index in [0.29, 0.717) is 23.0 Å². The van der Waals surface area contributed by atoms with Crippen LogP contribution >= 0.6 is 0 Å².